The van der Waals surface area contributed by atoms with Gasteiger partial charge >= 0.3 is 5.97 Å². The van der Waals surface area contributed by atoms with Gasteiger partial charge in [-0.05, 0) is 59.9 Å². The van der Waals surface area contributed by atoms with Crippen molar-refractivity contribution in [2.75, 3.05) is 0 Å². The second-order valence-electron chi connectivity index (χ2n) is 7.40. The molecule has 158 valence electrons. The summed E-state index contributed by atoms with van der Waals surface area (Å²) in [6, 6.07) is 23.8. The summed E-state index contributed by atoms with van der Waals surface area (Å²) < 4.78 is 0. The van der Waals surface area contributed by atoms with Crippen LogP contribution in [0.15, 0.2) is 84.9 Å². The quantitative estimate of drug-likeness (QED) is 0.371. The Morgan fingerprint density at radius 3 is 2.23 bits per heavy atom. The molecule has 5 heteroatoms. The Bertz CT molecular complexity index is 1080. The summed E-state index contributed by atoms with van der Waals surface area (Å²) in [6.07, 6.45) is 3.64. The summed E-state index contributed by atoms with van der Waals surface area (Å²) in [5.41, 5.74) is 1.45. The molecule has 1 atom stereocenters. The molecule has 3 aromatic carbocycles. The van der Waals surface area contributed by atoms with Crippen LogP contribution in [0.2, 0.25) is 10.0 Å². The number of carbonyl (C=O) groups excluding carboxylic acids is 1. The van der Waals surface area contributed by atoms with Crippen molar-refractivity contribution < 1.29 is 14.7 Å². The minimum Gasteiger partial charge on any atom is -0.481 e. The van der Waals surface area contributed by atoms with Gasteiger partial charge in [0, 0.05) is 16.5 Å². The van der Waals surface area contributed by atoms with E-state index >= 15 is 0 Å². The van der Waals surface area contributed by atoms with E-state index in [-0.39, 0.29) is 18.6 Å². The molecule has 3 aromatic rings. The van der Waals surface area contributed by atoms with Gasteiger partial charge in [-0.3, -0.25) is 9.59 Å². The monoisotopic (exact) mass is 452 g/mol. The number of ketones is 1. The summed E-state index contributed by atoms with van der Waals surface area (Å²) >= 11 is 12.1. The number of rotatable bonds is 9. The zero-order valence-electron chi connectivity index (χ0n) is 16.8. The van der Waals surface area contributed by atoms with Crippen molar-refractivity contribution >= 4 is 41.0 Å². The predicted molar refractivity (Wildman–Crippen MR) is 126 cm³/mol. The topological polar surface area (TPSA) is 54.4 Å². The van der Waals surface area contributed by atoms with Crippen molar-refractivity contribution in [2.24, 2.45) is 0 Å². The number of carbonyl (C=O) groups is 2. The Kier molecular flexibility index (Phi) is 7.67. The predicted octanol–water partition coefficient (Wildman–Crippen LogP) is 6.62. The summed E-state index contributed by atoms with van der Waals surface area (Å²) in [5, 5.41) is 10.6. The van der Waals surface area contributed by atoms with Crippen LogP contribution in [0.25, 0.3) is 6.08 Å². The molecule has 31 heavy (non-hydrogen) atoms. The van der Waals surface area contributed by atoms with Crippen LogP contribution >= 0.6 is 23.2 Å². The Morgan fingerprint density at radius 1 is 0.871 bits per heavy atom. The van der Waals surface area contributed by atoms with Crippen molar-refractivity contribution in [2.45, 2.75) is 24.7 Å². The molecule has 0 aliphatic carbocycles. The first kappa shape index (κ1) is 22.8. The zero-order valence-corrected chi connectivity index (χ0v) is 18.3. The van der Waals surface area contributed by atoms with E-state index in [9.17, 15) is 14.7 Å². The van der Waals surface area contributed by atoms with E-state index in [0.717, 1.165) is 16.7 Å². The molecule has 0 heterocycles. The fraction of sp³-hybridized carbons (Fsp3) is 0.154. The molecule has 3 nitrogen and oxygen atoms in total. The number of halogens is 2. The number of hydrogen-bond acceptors (Lipinski definition) is 2. The van der Waals surface area contributed by atoms with E-state index in [2.05, 4.69) is 0 Å². The summed E-state index contributed by atoms with van der Waals surface area (Å²) in [5.74, 6) is -1.10. The van der Waals surface area contributed by atoms with Crippen molar-refractivity contribution in [3.63, 3.8) is 0 Å². The van der Waals surface area contributed by atoms with E-state index in [4.69, 9.17) is 23.2 Å². The average Bonchev–Trinajstić information content (AvgIpc) is 2.76. The van der Waals surface area contributed by atoms with Gasteiger partial charge in [-0.1, -0.05) is 83.9 Å². The lowest BCUT2D eigenvalue weighted by molar-refractivity contribution is -0.137. The van der Waals surface area contributed by atoms with E-state index in [1.165, 1.54) is 6.08 Å². The molecule has 0 saturated heterocycles. The highest BCUT2D eigenvalue weighted by Gasteiger charge is 2.39. The van der Waals surface area contributed by atoms with Gasteiger partial charge in [-0.15, -0.1) is 0 Å². The minimum absolute atomic E-state index is 0.129. The van der Waals surface area contributed by atoms with Crippen LogP contribution in [0.4, 0.5) is 0 Å². The Balaban J connectivity index is 2.06. The van der Waals surface area contributed by atoms with Gasteiger partial charge in [-0.2, -0.15) is 0 Å². The molecule has 0 aliphatic heterocycles. The highest BCUT2D eigenvalue weighted by atomic mass is 35.5. The molecule has 0 spiro atoms. The van der Waals surface area contributed by atoms with Crippen molar-refractivity contribution in [1.82, 2.24) is 0 Å². The summed E-state index contributed by atoms with van der Waals surface area (Å²) in [4.78, 5) is 25.1. The van der Waals surface area contributed by atoms with E-state index in [1.807, 2.05) is 60.7 Å². The number of benzene rings is 3. The standard InChI is InChI=1S/C26H22Cl2O3/c27-22-12-9-19(10-13-22)11-14-24(29)26(16-15-25(30)31,21-6-2-1-3-7-21)18-20-5-4-8-23(28)17-20/h1-14,17H,15-16,18H2,(H,30,31). The normalized spacial score (nSPS) is 13.1. The third-order valence-corrected chi connectivity index (χ3v) is 5.74. The fourth-order valence-electron chi connectivity index (χ4n) is 3.67. The molecule has 0 aromatic heterocycles. The Hall–Kier alpha value is -2.88. The number of carboxylic acids is 1. The molecule has 0 fully saturated rings. The van der Waals surface area contributed by atoms with E-state index < -0.39 is 11.4 Å². The molecular weight excluding hydrogens is 431 g/mol. The second-order valence-corrected chi connectivity index (χ2v) is 8.27. The third-order valence-electron chi connectivity index (χ3n) is 5.26. The Morgan fingerprint density at radius 2 is 1.58 bits per heavy atom. The van der Waals surface area contributed by atoms with Crippen molar-refractivity contribution in [3.8, 4) is 0 Å². The summed E-state index contributed by atoms with van der Waals surface area (Å²) in [7, 11) is 0. The molecule has 0 radical (unpaired) electrons. The molecule has 3 rings (SSSR count). The lowest BCUT2D eigenvalue weighted by Gasteiger charge is -2.32. The maximum Gasteiger partial charge on any atom is 0.303 e. The fourth-order valence-corrected chi connectivity index (χ4v) is 4.00. The van der Waals surface area contributed by atoms with Crippen LogP contribution in [0.1, 0.15) is 29.5 Å². The Labute approximate surface area is 191 Å². The van der Waals surface area contributed by atoms with Gasteiger partial charge < -0.3 is 5.11 Å². The zero-order chi connectivity index (χ0) is 22.3. The van der Waals surface area contributed by atoms with Crippen molar-refractivity contribution in [1.29, 1.82) is 0 Å². The molecule has 1 unspecified atom stereocenters. The van der Waals surface area contributed by atoms with Crippen LogP contribution in [-0.2, 0) is 21.4 Å². The first-order valence-corrected chi connectivity index (χ1v) is 10.6. The van der Waals surface area contributed by atoms with Gasteiger partial charge in [-0.25, -0.2) is 0 Å². The van der Waals surface area contributed by atoms with Gasteiger partial charge in [0.2, 0.25) is 0 Å². The SMILES string of the molecule is O=C(O)CCC(Cc1cccc(Cl)c1)(C(=O)C=Cc1ccc(Cl)cc1)c1ccccc1. The van der Waals surface area contributed by atoms with Crippen LogP contribution in [-0.4, -0.2) is 16.9 Å². The van der Waals surface area contributed by atoms with E-state index in [1.54, 1.807) is 24.3 Å². The maximum atomic E-state index is 13.7. The molecule has 0 aliphatic rings. The highest BCUT2D eigenvalue weighted by Crippen LogP contribution is 2.36. The van der Waals surface area contributed by atoms with Crippen molar-refractivity contribution in [3.05, 3.63) is 112 Å². The molecule has 0 amide bonds. The molecule has 0 bridgehead atoms. The maximum absolute atomic E-state index is 13.7. The molecule has 1 N–H and O–H groups in total. The highest BCUT2D eigenvalue weighted by molar-refractivity contribution is 6.30. The number of carboxylic acid groups (broad SMARTS) is 1. The number of allylic oxidation sites excluding steroid dienone is 1. The number of hydrogen-bond donors (Lipinski definition) is 1. The lowest BCUT2D eigenvalue weighted by atomic mass is 9.69. The van der Waals surface area contributed by atoms with Crippen LogP contribution < -0.4 is 0 Å². The lowest BCUT2D eigenvalue weighted by Crippen LogP contribution is -2.38. The van der Waals surface area contributed by atoms with Crippen LogP contribution in [0, 0.1) is 0 Å². The molecular formula is C26H22Cl2O3. The van der Waals surface area contributed by atoms with Crippen LogP contribution in [0.5, 0.6) is 0 Å². The molecule has 0 saturated carbocycles. The third kappa shape index (κ3) is 6.06. The first-order valence-electron chi connectivity index (χ1n) is 9.89. The van der Waals surface area contributed by atoms with E-state index in [0.29, 0.717) is 16.5 Å². The average molecular weight is 453 g/mol. The largest absolute Gasteiger partial charge is 0.481 e. The smallest absolute Gasteiger partial charge is 0.303 e. The minimum atomic E-state index is -1.03. The van der Waals surface area contributed by atoms with Gasteiger partial charge in [0.05, 0.1) is 5.41 Å². The van der Waals surface area contributed by atoms with Crippen LogP contribution in [0.3, 0.4) is 0 Å². The first-order chi connectivity index (χ1) is 14.9. The number of aliphatic carboxylic acids is 1. The second kappa shape index (κ2) is 10.4. The van der Waals surface area contributed by atoms with Gasteiger partial charge in [0.1, 0.15) is 0 Å². The van der Waals surface area contributed by atoms with Gasteiger partial charge in [0.15, 0.2) is 5.78 Å². The summed E-state index contributed by atoms with van der Waals surface area (Å²) in [6.45, 7) is 0. The van der Waals surface area contributed by atoms with Gasteiger partial charge in [0.25, 0.3) is 0 Å².